The average Bonchev–Trinajstić information content (AvgIpc) is 3.60. The Morgan fingerprint density at radius 1 is 0.490 bits per heavy atom. The third kappa shape index (κ3) is 5.03. The summed E-state index contributed by atoms with van der Waals surface area (Å²) in [7, 11) is 0. The third-order valence-corrected chi connectivity index (χ3v) is 10.1. The number of benzene rings is 7. The van der Waals surface area contributed by atoms with Gasteiger partial charge in [0.05, 0.1) is 0 Å². The van der Waals surface area contributed by atoms with Crippen molar-refractivity contribution in [3.63, 3.8) is 0 Å². The lowest BCUT2D eigenvalue weighted by Gasteiger charge is -2.19. The van der Waals surface area contributed by atoms with Crippen LogP contribution in [0.4, 0.5) is 0 Å². The Morgan fingerprint density at radius 2 is 1.14 bits per heavy atom. The monoisotopic (exact) mass is 653 g/mol. The summed E-state index contributed by atoms with van der Waals surface area (Å²) in [6.45, 7) is 0. The van der Waals surface area contributed by atoms with Gasteiger partial charge in [0.15, 0.2) is 17.5 Å². The number of aromatic nitrogens is 3. The Labute approximate surface area is 295 Å². The highest BCUT2D eigenvalue weighted by Gasteiger charge is 2.22. The maximum Gasteiger partial charge on any atom is 0.164 e. The molecule has 0 amide bonds. The quantitative estimate of drug-likeness (QED) is 0.185. The van der Waals surface area contributed by atoms with Gasteiger partial charge in [-0.3, -0.25) is 0 Å². The van der Waals surface area contributed by atoms with E-state index in [1.54, 1.807) is 0 Å². The molecule has 0 spiro atoms. The van der Waals surface area contributed by atoms with Crippen LogP contribution in [0.15, 0.2) is 174 Å². The summed E-state index contributed by atoms with van der Waals surface area (Å²) in [5.74, 6) is 2.18. The number of hydrogen-bond donors (Lipinski definition) is 0. The molecule has 0 aliphatic heterocycles. The minimum atomic E-state index is 0.272. The predicted molar refractivity (Wildman–Crippen MR) is 209 cm³/mol. The Hall–Kier alpha value is -6.65. The van der Waals surface area contributed by atoms with E-state index in [0.29, 0.717) is 17.5 Å². The van der Waals surface area contributed by atoms with Crippen molar-refractivity contribution in [2.45, 2.75) is 12.3 Å². The zero-order valence-corrected chi connectivity index (χ0v) is 27.7. The lowest BCUT2D eigenvalue weighted by Crippen LogP contribution is -2.05. The van der Waals surface area contributed by atoms with Gasteiger partial charge in [0, 0.05) is 39.0 Å². The third-order valence-electron chi connectivity index (χ3n) is 10.1. The molecule has 0 saturated heterocycles. The minimum absolute atomic E-state index is 0.272. The van der Waals surface area contributed by atoms with Crippen LogP contribution in [-0.4, -0.2) is 15.0 Å². The molecule has 240 valence electrons. The molecule has 9 aromatic rings. The van der Waals surface area contributed by atoms with Crippen molar-refractivity contribution in [1.82, 2.24) is 15.0 Å². The second-order valence-corrected chi connectivity index (χ2v) is 13.1. The Kier molecular flexibility index (Phi) is 6.91. The summed E-state index contributed by atoms with van der Waals surface area (Å²) in [4.78, 5) is 15.4. The fourth-order valence-corrected chi connectivity index (χ4v) is 7.62. The Balaban J connectivity index is 1.14. The van der Waals surface area contributed by atoms with Crippen LogP contribution in [0, 0.1) is 0 Å². The van der Waals surface area contributed by atoms with Gasteiger partial charge in [-0.2, -0.15) is 0 Å². The molecule has 51 heavy (non-hydrogen) atoms. The second-order valence-electron chi connectivity index (χ2n) is 13.1. The van der Waals surface area contributed by atoms with E-state index in [9.17, 15) is 0 Å². The maximum absolute atomic E-state index is 6.70. The molecule has 4 nitrogen and oxygen atoms in total. The summed E-state index contributed by atoms with van der Waals surface area (Å²) in [6.07, 6.45) is 7.60. The first-order chi connectivity index (χ1) is 25.3. The molecule has 0 fully saturated rings. The number of rotatable bonds is 5. The van der Waals surface area contributed by atoms with Crippen LogP contribution in [0.1, 0.15) is 23.7 Å². The zero-order chi connectivity index (χ0) is 33.7. The van der Waals surface area contributed by atoms with Crippen LogP contribution in [0.3, 0.4) is 0 Å². The molecular weight excluding hydrogens is 623 g/mol. The van der Waals surface area contributed by atoms with Crippen molar-refractivity contribution in [3.8, 4) is 33.9 Å². The topological polar surface area (TPSA) is 51.8 Å². The zero-order valence-electron chi connectivity index (χ0n) is 27.7. The van der Waals surface area contributed by atoms with E-state index in [2.05, 4.69) is 140 Å². The van der Waals surface area contributed by atoms with Crippen molar-refractivity contribution in [2.24, 2.45) is 0 Å². The van der Waals surface area contributed by atoms with E-state index in [1.165, 1.54) is 27.1 Å². The molecule has 0 N–H and O–H groups in total. The molecule has 0 saturated carbocycles. The van der Waals surface area contributed by atoms with Crippen molar-refractivity contribution in [3.05, 3.63) is 181 Å². The number of nitrogens with zero attached hydrogens (tertiary/aromatic N) is 3. The number of furan rings is 1. The van der Waals surface area contributed by atoms with Crippen LogP contribution in [0.25, 0.3) is 83.0 Å². The van der Waals surface area contributed by atoms with E-state index in [1.807, 2.05) is 30.3 Å². The molecule has 2 aromatic heterocycles. The van der Waals surface area contributed by atoms with Gasteiger partial charge in [0.25, 0.3) is 0 Å². The predicted octanol–water partition coefficient (Wildman–Crippen LogP) is 12.2. The molecule has 4 heteroatoms. The van der Waals surface area contributed by atoms with Gasteiger partial charge in [0.1, 0.15) is 11.2 Å². The summed E-state index contributed by atoms with van der Waals surface area (Å²) >= 11 is 0. The molecule has 0 radical (unpaired) electrons. The highest BCUT2D eigenvalue weighted by atomic mass is 16.3. The van der Waals surface area contributed by atoms with E-state index >= 15 is 0 Å². The molecule has 7 aromatic carbocycles. The van der Waals surface area contributed by atoms with Gasteiger partial charge in [-0.15, -0.1) is 0 Å². The van der Waals surface area contributed by atoms with Gasteiger partial charge in [-0.05, 0) is 57.3 Å². The Morgan fingerprint density at radius 3 is 1.96 bits per heavy atom. The molecule has 1 unspecified atom stereocenters. The van der Waals surface area contributed by atoms with Crippen molar-refractivity contribution in [2.75, 3.05) is 0 Å². The molecule has 0 bridgehead atoms. The fourth-order valence-electron chi connectivity index (χ4n) is 7.62. The van der Waals surface area contributed by atoms with Gasteiger partial charge in [-0.1, -0.05) is 152 Å². The number of allylic oxidation sites excluding steroid dienone is 4. The summed E-state index contributed by atoms with van der Waals surface area (Å²) < 4.78 is 6.70. The van der Waals surface area contributed by atoms with Gasteiger partial charge in [-0.25, -0.2) is 15.0 Å². The van der Waals surface area contributed by atoms with Crippen LogP contribution in [0.2, 0.25) is 0 Å². The smallest absolute Gasteiger partial charge is 0.164 e. The van der Waals surface area contributed by atoms with Crippen LogP contribution in [-0.2, 0) is 0 Å². The first kappa shape index (κ1) is 29.3. The van der Waals surface area contributed by atoms with E-state index in [-0.39, 0.29) is 5.92 Å². The van der Waals surface area contributed by atoms with Crippen LogP contribution in [0.5, 0.6) is 0 Å². The van der Waals surface area contributed by atoms with E-state index < -0.39 is 0 Å². The average molecular weight is 654 g/mol. The van der Waals surface area contributed by atoms with E-state index in [0.717, 1.165) is 56.2 Å². The van der Waals surface area contributed by atoms with Crippen molar-refractivity contribution in [1.29, 1.82) is 0 Å². The first-order valence-electron chi connectivity index (χ1n) is 17.4. The standard InChI is InChI=1S/C47H31N3O/c1-2-14-33(15-3-1)45-48-46(34-26-24-32(25-27-34)36-21-10-16-30-12-4-6-18-35(30)36)50-47(49-45)41-29-28-39(38-22-11-17-31-13-5-7-19-37(31)38)44-43(41)40-20-8-9-23-42(40)51-44/h1-24,26-29,32H,25H2. The van der Waals surface area contributed by atoms with Gasteiger partial charge < -0.3 is 4.42 Å². The molecular formula is C47H31N3O. The first-order valence-corrected chi connectivity index (χ1v) is 17.4. The molecule has 10 rings (SSSR count). The highest BCUT2D eigenvalue weighted by Crippen LogP contribution is 2.43. The molecule has 1 aliphatic rings. The number of para-hydroxylation sites is 1. The Bertz CT molecular complexity index is 2840. The van der Waals surface area contributed by atoms with Crippen LogP contribution >= 0.6 is 0 Å². The second kappa shape index (κ2) is 12.0. The summed E-state index contributed by atoms with van der Waals surface area (Å²) in [5.41, 5.74) is 8.00. The normalized spacial score (nSPS) is 14.4. The molecule has 2 heterocycles. The summed E-state index contributed by atoms with van der Waals surface area (Å²) in [5, 5.41) is 6.95. The number of hydrogen-bond acceptors (Lipinski definition) is 4. The van der Waals surface area contributed by atoms with Crippen molar-refractivity contribution >= 4 is 49.1 Å². The van der Waals surface area contributed by atoms with E-state index in [4.69, 9.17) is 19.4 Å². The van der Waals surface area contributed by atoms with Gasteiger partial charge in [0.2, 0.25) is 0 Å². The van der Waals surface area contributed by atoms with Crippen molar-refractivity contribution < 1.29 is 4.42 Å². The van der Waals surface area contributed by atoms with Gasteiger partial charge >= 0.3 is 0 Å². The molecule has 1 atom stereocenters. The number of fused-ring (bicyclic) bond motifs is 5. The largest absolute Gasteiger partial charge is 0.455 e. The summed E-state index contributed by atoms with van der Waals surface area (Å²) in [6, 6.07) is 52.8. The SMILES string of the molecule is C1=CC(c2cccc3ccccc23)CC=C1c1nc(-c2ccccc2)nc(-c2ccc(-c3cccc4ccccc34)c3oc4ccccc4c23)n1. The fraction of sp³-hybridized carbons (Fsp3) is 0.0426. The lowest BCUT2D eigenvalue weighted by molar-refractivity contribution is 0.670. The molecule has 1 aliphatic carbocycles. The maximum atomic E-state index is 6.70. The lowest BCUT2D eigenvalue weighted by atomic mass is 9.87. The minimum Gasteiger partial charge on any atom is -0.455 e. The highest BCUT2D eigenvalue weighted by molar-refractivity contribution is 6.17. The van der Waals surface area contributed by atoms with Crippen LogP contribution < -0.4 is 0 Å².